The van der Waals surface area contributed by atoms with Gasteiger partial charge in [0, 0.05) is 0 Å². The van der Waals surface area contributed by atoms with Crippen molar-refractivity contribution < 1.29 is 9.67 Å². The molecular weight excluding hydrogens is 164 g/mol. The second-order valence-electron chi connectivity index (χ2n) is 3.95. The van der Waals surface area contributed by atoms with Crippen LogP contribution in [0.1, 0.15) is 31.7 Å². The van der Waals surface area contributed by atoms with Gasteiger partial charge in [0.2, 0.25) is 6.33 Å². The third-order valence-corrected chi connectivity index (χ3v) is 2.87. The number of aryl methyl sites for hydroxylation is 1. The Labute approximate surface area is 78.6 Å². The lowest BCUT2D eigenvalue weighted by atomic mass is 9.92. The van der Waals surface area contributed by atoms with Gasteiger partial charge in [0.15, 0.2) is 0 Å². The average molecular weight is 181 g/mol. The van der Waals surface area contributed by atoms with Crippen LogP contribution in [0, 0.1) is 0 Å². The molecule has 0 unspecified atom stereocenters. The highest BCUT2D eigenvalue weighted by Crippen LogP contribution is 2.27. The zero-order valence-corrected chi connectivity index (χ0v) is 8.06. The first-order chi connectivity index (χ1) is 6.27. The van der Waals surface area contributed by atoms with Crippen LogP contribution >= 0.6 is 0 Å². The van der Waals surface area contributed by atoms with Gasteiger partial charge in [-0.3, -0.25) is 0 Å². The Morgan fingerprint density at radius 3 is 2.77 bits per heavy atom. The Bertz CT molecular complexity index is 282. The van der Waals surface area contributed by atoms with Crippen molar-refractivity contribution in [2.24, 2.45) is 7.05 Å². The molecule has 1 fully saturated rings. The van der Waals surface area contributed by atoms with E-state index in [9.17, 15) is 5.11 Å². The number of imidazole rings is 1. The maximum absolute atomic E-state index is 9.80. The van der Waals surface area contributed by atoms with Crippen molar-refractivity contribution in [3.63, 3.8) is 0 Å². The number of rotatable bonds is 1. The van der Waals surface area contributed by atoms with E-state index in [1.54, 1.807) is 0 Å². The molecule has 3 heteroatoms. The van der Waals surface area contributed by atoms with Crippen molar-refractivity contribution in [3.8, 4) is 0 Å². The summed E-state index contributed by atoms with van der Waals surface area (Å²) >= 11 is 0. The van der Waals surface area contributed by atoms with Crippen LogP contribution in [0.3, 0.4) is 0 Å². The number of aliphatic hydroxyl groups is 1. The fourth-order valence-corrected chi connectivity index (χ4v) is 2.11. The molecule has 1 aromatic rings. The van der Waals surface area contributed by atoms with Gasteiger partial charge < -0.3 is 5.11 Å². The van der Waals surface area contributed by atoms with Crippen LogP contribution in [0.4, 0.5) is 0 Å². The van der Waals surface area contributed by atoms with Crippen LogP contribution in [-0.4, -0.2) is 15.8 Å². The highest BCUT2D eigenvalue weighted by Gasteiger charge is 2.27. The van der Waals surface area contributed by atoms with Gasteiger partial charge in [0.25, 0.3) is 0 Å². The first-order valence-electron chi connectivity index (χ1n) is 4.98. The lowest BCUT2D eigenvalue weighted by Crippen LogP contribution is -2.29. The minimum Gasteiger partial charge on any atom is -0.389 e. The molecule has 2 atom stereocenters. The summed E-state index contributed by atoms with van der Waals surface area (Å²) < 4.78 is 4.14. The quantitative estimate of drug-likeness (QED) is 0.638. The minimum absolute atomic E-state index is 0.152. The zero-order valence-electron chi connectivity index (χ0n) is 8.06. The lowest BCUT2D eigenvalue weighted by molar-refractivity contribution is -0.671. The Morgan fingerprint density at radius 2 is 2.15 bits per heavy atom. The summed E-state index contributed by atoms with van der Waals surface area (Å²) in [4.78, 5) is 0. The van der Waals surface area contributed by atoms with Crippen molar-refractivity contribution in [2.45, 2.75) is 37.8 Å². The lowest BCUT2D eigenvalue weighted by Gasteiger charge is -2.24. The number of hydrogen-bond acceptors (Lipinski definition) is 1. The Balaban J connectivity index is 2.14. The van der Waals surface area contributed by atoms with Crippen molar-refractivity contribution in [2.75, 3.05) is 0 Å². The second-order valence-corrected chi connectivity index (χ2v) is 3.95. The van der Waals surface area contributed by atoms with Crippen molar-refractivity contribution >= 4 is 0 Å². The molecule has 0 radical (unpaired) electrons. The fourth-order valence-electron chi connectivity index (χ4n) is 2.11. The predicted molar refractivity (Wildman–Crippen MR) is 49.1 cm³/mol. The molecule has 0 aromatic carbocycles. The van der Waals surface area contributed by atoms with E-state index in [-0.39, 0.29) is 6.10 Å². The van der Waals surface area contributed by atoms with Gasteiger partial charge in [-0.1, -0.05) is 6.42 Å². The van der Waals surface area contributed by atoms with E-state index in [2.05, 4.69) is 4.57 Å². The summed E-state index contributed by atoms with van der Waals surface area (Å²) in [6, 6.07) is 0.301. The third kappa shape index (κ3) is 1.75. The van der Waals surface area contributed by atoms with Crippen LogP contribution in [0.25, 0.3) is 0 Å². The van der Waals surface area contributed by atoms with Gasteiger partial charge >= 0.3 is 0 Å². The van der Waals surface area contributed by atoms with Crippen molar-refractivity contribution in [1.29, 1.82) is 0 Å². The molecule has 1 heterocycles. The maximum atomic E-state index is 9.80. The Kier molecular flexibility index (Phi) is 2.36. The van der Waals surface area contributed by atoms with Gasteiger partial charge in [-0.05, 0) is 19.3 Å². The molecule has 0 amide bonds. The molecule has 1 aromatic heterocycles. The summed E-state index contributed by atoms with van der Waals surface area (Å²) in [5.74, 6) is 0. The maximum Gasteiger partial charge on any atom is 0.243 e. The van der Waals surface area contributed by atoms with E-state index in [4.69, 9.17) is 0 Å². The average Bonchev–Trinajstić information content (AvgIpc) is 2.53. The van der Waals surface area contributed by atoms with Crippen molar-refractivity contribution in [1.82, 2.24) is 4.57 Å². The van der Waals surface area contributed by atoms with Gasteiger partial charge in [-0.25, -0.2) is 9.13 Å². The second kappa shape index (κ2) is 3.50. The monoisotopic (exact) mass is 181 g/mol. The Morgan fingerprint density at radius 1 is 1.38 bits per heavy atom. The zero-order chi connectivity index (χ0) is 9.26. The van der Waals surface area contributed by atoms with E-state index in [1.807, 2.05) is 30.3 Å². The molecule has 13 heavy (non-hydrogen) atoms. The molecule has 2 rings (SSSR count). The standard InChI is InChI=1S/C10H17N2O/c1-11-6-7-12(8-11)9-4-2-3-5-10(9)13/h6-10,13H,2-5H2,1H3/q+1/t9-,10+/m1/s1. The predicted octanol–water partition coefficient (Wildman–Crippen LogP) is 0.789. The molecule has 1 N–H and O–H groups in total. The van der Waals surface area contributed by atoms with Crippen LogP contribution in [0.15, 0.2) is 18.7 Å². The molecule has 0 bridgehead atoms. The normalized spacial score (nSPS) is 29.1. The third-order valence-electron chi connectivity index (χ3n) is 2.87. The Hall–Kier alpha value is -0.830. The fraction of sp³-hybridized carbons (Fsp3) is 0.700. The molecule has 0 spiro atoms. The topological polar surface area (TPSA) is 29.0 Å². The SMILES string of the molecule is C[n+]1ccn([C@@H]2CCCC[C@@H]2O)c1. The number of aromatic nitrogens is 2. The first-order valence-corrected chi connectivity index (χ1v) is 4.98. The molecule has 1 aliphatic rings. The summed E-state index contributed by atoms with van der Waals surface area (Å²) in [5.41, 5.74) is 0. The first kappa shape index (κ1) is 8.75. The number of hydrogen-bond donors (Lipinski definition) is 1. The molecule has 0 aliphatic heterocycles. The summed E-state index contributed by atoms with van der Waals surface area (Å²) in [5, 5.41) is 9.80. The van der Waals surface area contributed by atoms with Gasteiger partial charge in [-0.2, -0.15) is 0 Å². The van der Waals surface area contributed by atoms with Gasteiger partial charge in [-0.15, -0.1) is 0 Å². The smallest absolute Gasteiger partial charge is 0.243 e. The van der Waals surface area contributed by atoms with Gasteiger partial charge in [0.1, 0.15) is 18.4 Å². The largest absolute Gasteiger partial charge is 0.389 e. The molecule has 72 valence electrons. The minimum atomic E-state index is -0.152. The van der Waals surface area contributed by atoms with E-state index in [1.165, 1.54) is 12.8 Å². The molecule has 0 saturated heterocycles. The van der Waals surface area contributed by atoms with Crippen LogP contribution in [0.5, 0.6) is 0 Å². The number of nitrogens with zero attached hydrogens (tertiary/aromatic N) is 2. The highest BCUT2D eigenvalue weighted by molar-refractivity contribution is 4.83. The van der Waals surface area contributed by atoms with E-state index < -0.39 is 0 Å². The van der Waals surface area contributed by atoms with Crippen LogP contribution in [0.2, 0.25) is 0 Å². The highest BCUT2D eigenvalue weighted by atomic mass is 16.3. The molecule has 1 aliphatic carbocycles. The van der Waals surface area contributed by atoms with Crippen LogP contribution in [-0.2, 0) is 7.05 Å². The number of aliphatic hydroxyl groups excluding tert-OH is 1. The van der Waals surface area contributed by atoms with E-state index >= 15 is 0 Å². The van der Waals surface area contributed by atoms with Crippen molar-refractivity contribution in [3.05, 3.63) is 18.7 Å². The van der Waals surface area contributed by atoms with Crippen LogP contribution < -0.4 is 4.57 Å². The molecule has 1 saturated carbocycles. The van der Waals surface area contributed by atoms with E-state index in [0.29, 0.717) is 6.04 Å². The van der Waals surface area contributed by atoms with E-state index in [0.717, 1.165) is 12.8 Å². The molecular formula is C10H17N2O+. The summed E-state index contributed by atoms with van der Waals surface area (Å²) in [6.07, 6.45) is 10.4. The summed E-state index contributed by atoms with van der Waals surface area (Å²) in [7, 11) is 2.01. The molecule has 3 nitrogen and oxygen atoms in total. The van der Waals surface area contributed by atoms with Gasteiger partial charge in [0.05, 0.1) is 13.2 Å². The summed E-state index contributed by atoms with van der Waals surface area (Å²) in [6.45, 7) is 0.